The van der Waals surface area contributed by atoms with E-state index in [2.05, 4.69) is 10.3 Å². The van der Waals surface area contributed by atoms with Gasteiger partial charge in [-0.05, 0) is 60.7 Å². The Morgan fingerprint density at radius 1 is 0.960 bits per heavy atom. The summed E-state index contributed by atoms with van der Waals surface area (Å²) in [6, 6.07) is 20.0. The van der Waals surface area contributed by atoms with E-state index in [9.17, 15) is 4.79 Å². The fourth-order valence-electron chi connectivity index (χ4n) is 2.63. The molecule has 0 radical (unpaired) electrons. The number of amides is 1. The molecule has 0 aliphatic carbocycles. The molecule has 4 rings (SSSR count). The third-order valence-electron chi connectivity index (χ3n) is 3.85. The first-order valence-electron chi connectivity index (χ1n) is 7.71. The monoisotopic (exact) mass is 348 g/mol. The van der Waals surface area contributed by atoms with Crippen molar-refractivity contribution >= 4 is 34.1 Å². The highest BCUT2D eigenvalue weighted by molar-refractivity contribution is 6.30. The maximum absolute atomic E-state index is 12.5. The number of furan rings is 1. The van der Waals surface area contributed by atoms with Gasteiger partial charge in [-0.15, -0.1) is 0 Å². The topological polar surface area (TPSA) is 55.1 Å². The predicted molar refractivity (Wildman–Crippen MR) is 98.9 cm³/mol. The second-order valence-electron chi connectivity index (χ2n) is 5.50. The van der Waals surface area contributed by atoms with Crippen molar-refractivity contribution in [3.05, 3.63) is 83.7 Å². The summed E-state index contributed by atoms with van der Waals surface area (Å²) < 4.78 is 5.68. The molecule has 4 aromatic rings. The molecule has 0 atom stereocenters. The van der Waals surface area contributed by atoms with Gasteiger partial charge in [0.2, 0.25) is 0 Å². The number of carbonyl (C=O) groups is 1. The van der Waals surface area contributed by atoms with Crippen LogP contribution in [0.4, 0.5) is 5.69 Å². The molecular weight excluding hydrogens is 336 g/mol. The van der Waals surface area contributed by atoms with Gasteiger partial charge in [0.15, 0.2) is 5.76 Å². The maximum Gasteiger partial charge on any atom is 0.291 e. The largest absolute Gasteiger partial charge is 0.451 e. The molecule has 0 saturated heterocycles. The number of nitrogens with one attached hydrogen (secondary N) is 1. The van der Waals surface area contributed by atoms with E-state index < -0.39 is 0 Å². The van der Waals surface area contributed by atoms with E-state index in [4.69, 9.17) is 16.0 Å². The number of hydrogen-bond acceptors (Lipinski definition) is 3. The lowest BCUT2D eigenvalue weighted by atomic mass is 10.2. The summed E-state index contributed by atoms with van der Waals surface area (Å²) in [7, 11) is 0. The quantitative estimate of drug-likeness (QED) is 0.539. The first-order chi connectivity index (χ1) is 12.2. The molecule has 5 heteroatoms. The van der Waals surface area contributed by atoms with Crippen molar-refractivity contribution in [1.29, 1.82) is 0 Å². The Hall–Kier alpha value is -3.11. The molecule has 0 aliphatic heterocycles. The van der Waals surface area contributed by atoms with Crippen LogP contribution in [0.2, 0.25) is 5.02 Å². The van der Waals surface area contributed by atoms with Crippen LogP contribution in [-0.2, 0) is 0 Å². The fourth-order valence-corrected chi connectivity index (χ4v) is 2.75. The summed E-state index contributed by atoms with van der Waals surface area (Å²) in [6.45, 7) is 0. The minimum absolute atomic E-state index is 0.242. The molecule has 2 heterocycles. The second-order valence-corrected chi connectivity index (χ2v) is 5.94. The Kier molecular flexibility index (Phi) is 3.96. The van der Waals surface area contributed by atoms with Crippen LogP contribution in [0, 0.1) is 0 Å². The van der Waals surface area contributed by atoms with Gasteiger partial charge in [0.05, 0.1) is 11.2 Å². The number of halogens is 1. The fraction of sp³-hybridized carbons (Fsp3) is 0. The van der Waals surface area contributed by atoms with Crippen LogP contribution in [0.25, 0.3) is 22.2 Å². The number of nitrogens with zero attached hydrogens (tertiary/aromatic N) is 1. The van der Waals surface area contributed by atoms with Crippen LogP contribution >= 0.6 is 11.6 Å². The summed E-state index contributed by atoms with van der Waals surface area (Å²) >= 11 is 5.89. The van der Waals surface area contributed by atoms with Crippen molar-refractivity contribution in [3.8, 4) is 11.3 Å². The summed E-state index contributed by atoms with van der Waals surface area (Å²) in [6.07, 6.45) is 1.72. The molecule has 122 valence electrons. The zero-order valence-electron chi connectivity index (χ0n) is 13.1. The Morgan fingerprint density at radius 2 is 1.80 bits per heavy atom. The van der Waals surface area contributed by atoms with Crippen molar-refractivity contribution in [1.82, 2.24) is 4.98 Å². The molecule has 0 saturated carbocycles. The lowest BCUT2D eigenvalue weighted by molar-refractivity contribution is 0.0997. The van der Waals surface area contributed by atoms with E-state index in [0.29, 0.717) is 16.5 Å². The number of anilines is 1. The number of aromatic nitrogens is 1. The molecule has 0 fully saturated rings. The number of carbonyl (C=O) groups excluding carboxylic acids is 1. The average Bonchev–Trinajstić information content (AvgIpc) is 3.13. The molecule has 0 unspecified atom stereocenters. The van der Waals surface area contributed by atoms with Crippen LogP contribution < -0.4 is 5.32 Å². The predicted octanol–water partition coefficient (Wildman–Crippen LogP) is 5.40. The van der Waals surface area contributed by atoms with Gasteiger partial charge in [-0.25, -0.2) is 0 Å². The molecule has 1 N–H and O–H groups in total. The van der Waals surface area contributed by atoms with Crippen LogP contribution in [0.3, 0.4) is 0 Å². The molecule has 0 spiro atoms. The molecule has 2 aromatic carbocycles. The van der Waals surface area contributed by atoms with E-state index in [1.807, 2.05) is 42.5 Å². The number of fused-ring (bicyclic) bond motifs is 1. The van der Waals surface area contributed by atoms with Crippen LogP contribution in [0.15, 0.2) is 77.3 Å². The van der Waals surface area contributed by atoms with Crippen molar-refractivity contribution in [3.63, 3.8) is 0 Å². The second kappa shape index (κ2) is 6.42. The first-order valence-corrected chi connectivity index (χ1v) is 8.09. The molecule has 0 aliphatic rings. The van der Waals surface area contributed by atoms with E-state index in [1.165, 1.54) is 0 Å². The zero-order chi connectivity index (χ0) is 17.2. The van der Waals surface area contributed by atoms with Crippen LogP contribution in [0.5, 0.6) is 0 Å². The molecular formula is C20H13ClN2O2. The molecule has 25 heavy (non-hydrogen) atoms. The minimum Gasteiger partial charge on any atom is -0.451 e. The lowest BCUT2D eigenvalue weighted by Gasteiger charge is -2.06. The molecule has 0 bridgehead atoms. The molecule has 1 amide bonds. The zero-order valence-corrected chi connectivity index (χ0v) is 13.8. The molecule has 4 nitrogen and oxygen atoms in total. The van der Waals surface area contributed by atoms with Crippen molar-refractivity contribution < 1.29 is 9.21 Å². The van der Waals surface area contributed by atoms with E-state index in [-0.39, 0.29) is 11.7 Å². The number of rotatable bonds is 3. The van der Waals surface area contributed by atoms with Crippen molar-refractivity contribution in [2.24, 2.45) is 0 Å². The highest BCUT2D eigenvalue weighted by Crippen LogP contribution is 2.26. The van der Waals surface area contributed by atoms with Crippen LogP contribution in [0.1, 0.15) is 10.6 Å². The van der Waals surface area contributed by atoms with Gasteiger partial charge in [-0.2, -0.15) is 0 Å². The lowest BCUT2D eigenvalue weighted by Crippen LogP contribution is -2.11. The van der Waals surface area contributed by atoms with Crippen molar-refractivity contribution in [2.45, 2.75) is 0 Å². The highest BCUT2D eigenvalue weighted by Gasteiger charge is 2.14. The van der Waals surface area contributed by atoms with E-state index in [0.717, 1.165) is 16.5 Å². The Morgan fingerprint density at radius 3 is 2.64 bits per heavy atom. The third-order valence-corrected chi connectivity index (χ3v) is 4.10. The normalized spacial score (nSPS) is 10.8. The number of hydrogen-bond donors (Lipinski definition) is 1. The smallest absolute Gasteiger partial charge is 0.291 e. The van der Waals surface area contributed by atoms with E-state index in [1.54, 1.807) is 30.5 Å². The van der Waals surface area contributed by atoms with Crippen LogP contribution in [-0.4, -0.2) is 10.9 Å². The third kappa shape index (κ3) is 3.12. The van der Waals surface area contributed by atoms with Gasteiger partial charge in [0, 0.05) is 22.2 Å². The maximum atomic E-state index is 12.5. The minimum atomic E-state index is -0.309. The Balaban J connectivity index is 1.60. The summed E-state index contributed by atoms with van der Waals surface area (Å²) in [4.78, 5) is 16.8. The Labute approximate surface area is 149 Å². The van der Waals surface area contributed by atoms with Crippen molar-refractivity contribution in [2.75, 3.05) is 5.32 Å². The van der Waals surface area contributed by atoms with Gasteiger partial charge < -0.3 is 9.73 Å². The first kappa shape index (κ1) is 15.4. The summed E-state index contributed by atoms with van der Waals surface area (Å²) in [5.74, 6) is 0.545. The van der Waals surface area contributed by atoms with Gasteiger partial charge in [0.25, 0.3) is 5.91 Å². The van der Waals surface area contributed by atoms with Gasteiger partial charge in [0.1, 0.15) is 5.76 Å². The van der Waals surface area contributed by atoms with Gasteiger partial charge in [-0.1, -0.05) is 17.7 Å². The standard InChI is InChI=1S/C20H13ClN2O2/c21-14-8-6-13(7-9-14)18-10-11-19(25-18)20(24)23-17-5-1-4-16-15(17)3-2-12-22-16/h1-12H,(H,23,24). The highest BCUT2D eigenvalue weighted by atomic mass is 35.5. The van der Waals surface area contributed by atoms with Gasteiger partial charge >= 0.3 is 0 Å². The van der Waals surface area contributed by atoms with Gasteiger partial charge in [-0.3, -0.25) is 9.78 Å². The summed E-state index contributed by atoms with van der Waals surface area (Å²) in [5, 5.41) is 4.41. The average molecular weight is 349 g/mol. The summed E-state index contributed by atoms with van der Waals surface area (Å²) in [5.41, 5.74) is 2.37. The van der Waals surface area contributed by atoms with E-state index >= 15 is 0 Å². The number of benzene rings is 2. The molecule has 2 aromatic heterocycles. The number of pyridine rings is 1. The Bertz CT molecular complexity index is 1050. The SMILES string of the molecule is O=C(Nc1cccc2ncccc12)c1ccc(-c2ccc(Cl)cc2)o1.